The fraction of sp³-hybridized carbons (Fsp3) is 0.565. The van der Waals surface area contributed by atoms with Crippen LogP contribution >= 0.6 is 36.2 Å². The van der Waals surface area contributed by atoms with Crippen LogP contribution in [0.1, 0.15) is 36.9 Å². The number of hydrogen-bond acceptors (Lipinski definition) is 8. The summed E-state index contributed by atoms with van der Waals surface area (Å²) in [6, 6.07) is 8.64. The van der Waals surface area contributed by atoms with Crippen LogP contribution in [0.5, 0.6) is 0 Å². The van der Waals surface area contributed by atoms with Crippen molar-refractivity contribution >= 4 is 58.4 Å². The number of aliphatic imine (C=N–C) groups is 1. The average Bonchev–Trinajstić information content (AvgIpc) is 3.13. The Labute approximate surface area is 213 Å². The quantitative estimate of drug-likeness (QED) is 0.564. The number of hydrogen-bond donors (Lipinski definition) is 1. The highest BCUT2D eigenvalue weighted by Gasteiger charge is 2.32. The molecular formula is C23H35Cl2N5O2S. The van der Waals surface area contributed by atoms with E-state index in [1.165, 1.54) is 0 Å². The molecule has 1 unspecified atom stereocenters. The van der Waals surface area contributed by atoms with Gasteiger partial charge in [-0.05, 0) is 18.6 Å². The molecule has 2 aliphatic heterocycles. The summed E-state index contributed by atoms with van der Waals surface area (Å²) in [5.41, 5.74) is 2.97. The number of fused-ring (bicyclic) bond motifs is 2. The first-order chi connectivity index (χ1) is 15.1. The molecule has 1 N–H and O–H groups in total. The third kappa shape index (κ3) is 6.38. The van der Waals surface area contributed by atoms with Gasteiger partial charge in [0.05, 0.1) is 23.0 Å². The lowest BCUT2D eigenvalue weighted by Crippen LogP contribution is -2.55. The molecule has 1 fully saturated rings. The highest BCUT2D eigenvalue weighted by molar-refractivity contribution is 7.16. The van der Waals surface area contributed by atoms with Crippen molar-refractivity contribution in [2.24, 2.45) is 4.99 Å². The van der Waals surface area contributed by atoms with Crippen LogP contribution in [0.15, 0.2) is 29.3 Å². The van der Waals surface area contributed by atoms with Crippen molar-refractivity contribution < 1.29 is 9.47 Å². The molecule has 2 aromatic rings. The van der Waals surface area contributed by atoms with E-state index in [1.807, 2.05) is 12.1 Å². The van der Waals surface area contributed by atoms with E-state index in [9.17, 15) is 0 Å². The van der Waals surface area contributed by atoms with Crippen LogP contribution in [0.3, 0.4) is 0 Å². The van der Waals surface area contributed by atoms with Crippen molar-refractivity contribution in [2.45, 2.75) is 32.2 Å². The number of thiazole rings is 1. The molecule has 0 spiro atoms. The molecule has 1 aromatic carbocycles. The van der Waals surface area contributed by atoms with Gasteiger partial charge in [0, 0.05) is 59.0 Å². The molecule has 0 amide bonds. The summed E-state index contributed by atoms with van der Waals surface area (Å²) < 4.78 is 10.7. The number of piperazine rings is 1. The molecule has 1 saturated heterocycles. The Morgan fingerprint density at radius 3 is 2.61 bits per heavy atom. The zero-order valence-corrected chi connectivity index (χ0v) is 22.2. The van der Waals surface area contributed by atoms with E-state index >= 15 is 0 Å². The lowest BCUT2D eigenvalue weighted by molar-refractivity contribution is 0.0573. The zero-order chi connectivity index (χ0) is 21.8. The number of nitrogens with one attached hydrogen (secondary N) is 1. The summed E-state index contributed by atoms with van der Waals surface area (Å²) >= 11 is 1.74. The van der Waals surface area contributed by atoms with Crippen LogP contribution < -0.4 is 5.32 Å². The maximum absolute atomic E-state index is 5.40. The second-order valence-electron chi connectivity index (χ2n) is 8.37. The zero-order valence-electron chi connectivity index (χ0n) is 19.7. The lowest BCUT2D eigenvalue weighted by Gasteiger charge is -2.42. The van der Waals surface area contributed by atoms with Crippen molar-refractivity contribution in [1.29, 1.82) is 0 Å². The van der Waals surface area contributed by atoms with Gasteiger partial charge in [0.1, 0.15) is 10.7 Å². The Kier molecular flexibility index (Phi) is 10.9. The van der Waals surface area contributed by atoms with Gasteiger partial charge in [-0.2, -0.15) is 0 Å². The fourth-order valence-corrected chi connectivity index (χ4v) is 5.10. The molecule has 10 heteroatoms. The number of amidine groups is 1. The molecular weight excluding hydrogens is 481 g/mol. The van der Waals surface area contributed by atoms with Crippen molar-refractivity contribution in [1.82, 2.24) is 14.8 Å². The summed E-state index contributed by atoms with van der Waals surface area (Å²) in [6.45, 7) is 9.62. The molecule has 0 saturated carbocycles. The van der Waals surface area contributed by atoms with E-state index in [0.717, 1.165) is 78.7 Å². The van der Waals surface area contributed by atoms with Gasteiger partial charge in [0.15, 0.2) is 5.84 Å². The molecule has 1 aromatic heterocycles. The molecule has 2 aliphatic rings. The maximum Gasteiger partial charge on any atom is 0.158 e. The number of anilines is 2. The standard InChI is InChI=1S/C23H33N5O2S.2ClH/c1-16(2)22-26-20-21(24-18-7-5-6-8-19(18)25-23(20)31-22)28-11-10-27(12-14-30-4)17(15-28)9-13-29-3;;/h5-8,16-17,25H,9-15H2,1-4H3;2*1H. The van der Waals surface area contributed by atoms with Crippen LogP contribution in [-0.2, 0) is 9.47 Å². The molecule has 3 heterocycles. The highest BCUT2D eigenvalue weighted by Crippen LogP contribution is 2.39. The lowest BCUT2D eigenvalue weighted by atomic mass is 10.1. The molecule has 184 valence electrons. The Morgan fingerprint density at radius 2 is 1.88 bits per heavy atom. The summed E-state index contributed by atoms with van der Waals surface area (Å²) in [7, 11) is 3.54. The van der Waals surface area contributed by atoms with Gasteiger partial charge in [-0.25, -0.2) is 9.98 Å². The number of rotatable bonds is 7. The van der Waals surface area contributed by atoms with E-state index < -0.39 is 0 Å². The van der Waals surface area contributed by atoms with Crippen molar-refractivity contribution in [2.75, 3.05) is 58.9 Å². The van der Waals surface area contributed by atoms with Gasteiger partial charge >= 0.3 is 0 Å². The van der Waals surface area contributed by atoms with Gasteiger partial charge in [-0.15, -0.1) is 36.2 Å². The first kappa shape index (κ1) is 27.8. The summed E-state index contributed by atoms with van der Waals surface area (Å²) in [6.07, 6.45) is 0.986. The minimum absolute atomic E-state index is 0. The summed E-state index contributed by atoms with van der Waals surface area (Å²) in [5, 5.41) is 5.82. The van der Waals surface area contributed by atoms with Crippen molar-refractivity contribution in [3.8, 4) is 0 Å². The van der Waals surface area contributed by atoms with Gasteiger partial charge in [0.2, 0.25) is 0 Å². The van der Waals surface area contributed by atoms with Crippen molar-refractivity contribution in [3.05, 3.63) is 35.0 Å². The number of nitrogens with zero attached hydrogens (tertiary/aromatic N) is 4. The van der Waals surface area contributed by atoms with E-state index in [0.29, 0.717) is 12.0 Å². The van der Waals surface area contributed by atoms with Gasteiger partial charge in [0.25, 0.3) is 0 Å². The highest BCUT2D eigenvalue weighted by atomic mass is 35.5. The largest absolute Gasteiger partial charge is 0.385 e. The molecule has 33 heavy (non-hydrogen) atoms. The van der Waals surface area contributed by atoms with Crippen LogP contribution in [-0.4, -0.2) is 80.3 Å². The molecule has 0 radical (unpaired) electrons. The number of para-hydroxylation sites is 2. The SMILES string of the molecule is COCCC1CN(C2=Nc3ccccc3Nc3sc(C(C)C)nc32)CCN1CCOC.Cl.Cl. The van der Waals surface area contributed by atoms with E-state index in [4.69, 9.17) is 19.5 Å². The topological polar surface area (TPSA) is 62.2 Å². The third-order valence-electron chi connectivity index (χ3n) is 5.87. The minimum Gasteiger partial charge on any atom is -0.385 e. The Hall–Kier alpha value is -1.42. The number of methoxy groups -OCH3 is 2. The van der Waals surface area contributed by atoms with Crippen LogP contribution in [0.4, 0.5) is 16.4 Å². The smallest absolute Gasteiger partial charge is 0.158 e. The monoisotopic (exact) mass is 515 g/mol. The first-order valence-electron chi connectivity index (χ1n) is 11.0. The fourth-order valence-electron chi connectivity index (χ4n) is 4.12. The van der Waals surface area contributed by atoms with Crippen LogP contribution in [0.25, 0.3) is 0 Å². The number of benzene rings is 1. The van der Waals surface area contributed by atoms with Gasteiger partial charge in [-0.3, -0.25) is 4.90 Å². The molecule has 4 rings (SSSR count). The molecule has 1 atom stereocenters. The average molecular weight is 517 g/mol. The Bertz CT molecular complexity index is 924. The number of aromatic nitrogens is 1. The van der Waals surface area contributed by atoms with E-state index in [1.54, 1.807) is 25.6 Å². The molecule has 7 nitrogen and oxygen atoms in total. The Balaban J connectivity index is 0.00000193. The maximum atomic E-state index is 5.40. The number of halogens is 2. The Morgan fingerprint density at radius 1 is 1.12 bits per heavy atom. The second-order valence-corrected chi connectivity index (χ2v) is 9.40. The third-order valence-corrected chi connectivity index (χ3v) is 7.14. The van der Waals surface area contributed by atoms with Crippen molar-refractivity contribution in [3.63, 3.8) is 0 Å². The predicted molar refractivity (Wildman–Crippen MR) is 142 cm³/mol. The number of ether oxygens (including phenoxy) is 2. The minimum atomic E-state index is 0. The van der Waals surface area contributed by atoms with Crippen LogP contribution in [0.2, 0.25) is 0 Å². The summed E-state index contributed by atoms with van der Waals surface area (Å²) in [5.74, 6) is 1.36. The molecule has 0 bridgehead atoms. The first-order valence-corrected chi connectivity index (χ1v) is 11.8. The van der Waals surface area contributed by atoms with Gasteiger partial charge < -0.3 is 19.7 Å². The summed E-state index contributed by atoms with van der Waals surface area (Å²) in [4.78, 5) is 15.1. The van der Waals surface area contributed by atoms with Gasteiger partial charge in [-0.1, -0.05) is 26.0 Å². The van der Waals surface area contributed by atoms with E-state index in [-0.39, 0.29) is 24.8 Å². The van der Waals surface area contributed by atoms with Crippen LogP contribution in [0, 0.1) is 0 Å². The second kappa shape index (κ2) is 12.9. The molecule has 0 aliphatic carbocycles. The normalized spacial score (nSPS) is 17.8. The van der Waals surface area contributed by atoms with E-state index in [2.05, 4.69) is 41.1 Å². The predicted octanol–water partition coefficient (Wildman–Crippen LogP) is 4.91.